The number of ether oxygens (including phenoxy) is 1. The summed E-state index contributed by atoms with van der Waals surface area (Å²) in [6, 6.07) is 6.06. The van der Waals surface area contributed by atoms with E-state index in [2.05, 4.69) is 15.4 Å². The van der Waals surface area contributed by atoms with Crippen molar-refractivity contribution in [2.24, 2.45) is 0 Å². The number of carbonyl (C=O) groups excluding carboxylic acids is 1. The number of rotatable bonds is 6. The minimum atomic E-state index is -3.44. The van der Waals surface area contributed by atoms with Gasteiger partial charge in [0.15, 0.2) is 0 Å². The molecule has 0 radical (unpaired) electrons. The quantitative estimate of drug-likeness (QED) is 0.718. The summed E-state index contributed by atoms with van der Waals surface area (Å²) >= 11 is 0. The van der Waals surface area contributed by atoms with E-state index in [-0.39, 0.29) is 23.1 Å². The molecule has 1 aliphatic rings. The van der Waals surface area contributed by atoms with Crippen LogP contribution in [0, 0.1) is 0 Å². The van der Waals surface area contributed by atoms with Gasteiger partial charge in [-0.05, 0) is 44.5 Å². The Morgan fingerprint density at radius 3 is 2.61 bits per heavy atom. The van der Waals surface area contributed by atoms with Crippen LogP contribution in [0.25, 0.3) is 0 Å². The molecule has 0 saturated carbocycles. The third-order valence-electron chi connectivity index (χ3n) is 3.84. The molecule has 1 heterocycles. The zero-order chi connectivity index (χ0) is 16.9. The fraction of sp³-hybridized carbons (Fsp3) is 0.533. The predicted octanol–water partition coefficient (Wildman–Crippen LogP) is 0.961. The summed E-state index contributed by atoms with van der Waals surface area (Å²) in [5, 5.41) is 5.61. The van der Waals surface area contributed by atoms with Crippen LogP contribution in [0.5, 0.6) is 0 Å². The van der Waals surface area contributed by atoms with Crippen LogP contribution in [0.3, 0.4) is 0 Å². The van der Waals surface area contributed by atoms with Crippen molar-refractivity contribution in [1.82, 2.24) is 15.4 Å². The Kier molecular flexibility index (Phi) is 5.97. The molecule has 1 fully saturated rings. The van der Waals surface area contributed by atoms with Crippen LogP contribution in [-0.4, -0.2) is 40.2 Å². The third kappa shape index (κ3) is 4.92. The van der Waals surface area contributed by atoms with Gasteiger partial charge in [-0.1, -0.05) is 12.1 Å². The molecule has 8 heteroatoms. The highest BCUT2D eigenvalue weighted by Crippen LogP contribution is 2.15. The number of sulfonamides is 1. The molecule has 0 unspecified atom stereocenters. The van der Waals surface area contributed by atoms with Crippen molar-refractivity contribution in [1.29, 1.82) is 0 Å². The van der Waals surface area contributed by atoms with E-state index >= 15 is 0 Å². The van der Waals surface area contributed by atoms with Crippen LogP contribution >= 0.6 is 0 Å². The Morgan fingerprint density at radius 2 is 2.04 bits per heavy atom. The van der Waals surface area contributed by atoms with Crippen molar-refractivity contribution in [3.05, 3.63) is 29.8 Å². The number of nitrogens with one attached hydrogen (secondary N) is 3. The second-order valence-corrected chi connectivity index (χ2v) is 7.41. The smallest absolute Gasteiger partial charge is 0.315 e. The number of carbonyl (C=O) groups is 1. The van der Waals surface area contributed by atoms with Crippen LogP contribution in [0.4, 0.5) is 4.79 Å². The van der Waals surface area contributed by atoms with Gasteiger partial charge in [-0.25, -0.2) is 17.9 Å². The van der Waals surface area contributed by atoms with Crippen LogP contribution in [0.15, 0.2) is 29.2 Å². The lowest BCUT2D eigenvalue weighted by molar-refractivity contribution is 0.0860. The van der Waals surface area contributed by atoms with Gasteiger partial charge in [-0.15, -0.1) is 0 Å². The van der Waals surface area contributed by atoms with Crippen LogP contribution < -0.4 is 15.4 Å². The van der Waals surface area contributed by atoms with E-state index in [0.717, 1.165) is 25.0 Å². The molecule has 1 saturated heterocycles. The highest BCUT2D eigenvalue weighted by Gasteiger charge is 2.23. The molecule has 1 aromatic rings. The van der Waals surface area contributed by atoms with Gasteiger partial charge in [-0.3, -0.25) is 0 Å². The van der Waals surface area contributed by atoms with E-state index in [1.54, 1.807) is 12.1 Å². The van der Waals surface area contributed by atoms with Gasteiger partial charge < -0.3 is 15.4 Å². The molecule has 0 spiro atoms. The average Bonchev–Trinajstić information content (AvgIpc) is 3.08. The fourth-order valence-electron chi connectivity index (χ4n) is 2.43. The van der Waals surface area contributed by atoms with E-state index < -0.39 is 10.0 Å². The number of urea groups is 1. The van der Waals surface area contributed by atoms with Gasteiger partial charge in [-0.2, -0.15) is 0 Å². The maximum atomic E-state index is 11.9. The molecule has 0 aliphatic carbocycles. The van der Waals surface area contributed by atoms with Crippen molar-refractivity contribution in [3.63, 3.8) is 0 Å². The number of amides is 2. The molecule has 0 bridgehead atoms. The molecule has 0 aromatic heterocycles. The Bertz CT molecular complexity index is 625. The molecule has 1 aliphatic heterocycles. The SMILES string of the molecule is CNS(=O)(=O)c1ccc(CNC(=O)N[C@@H](C)[C@H]2CCCO2)cc1. The van der Waals surface area contributed by atoms with Crippen molar-refractivity contribution in [2.75, 3.05) is 13.7 Å². The van der Waals surface area contributed by atoms with E-state index in [1.165, 1.54) is 19.2 Å². The Hall–Kier alpha value is -1.64. The molecule has 2 rings (SSSR count). The molecule has 3 N–H and O–H groups in total. The lowest BCUT2D eigenvalue weighted by Gasteiger charge is -2.20. The molecule has 23 heavy (non-hydrogen) atoms. The molecular weight excluding hydrogens is 318 g/mol. The summed E-state index contributed by atoms with van der Waals surface area (Å²) in [6.07, 6.45) is 2.06. The van der Waals surface area contributed by atoms with Crippen LogP contribution in [0.2, 0.25) is 0 Å². The first-order valence-corrected chi connectivity index (χ1v) is 9.09. The Morgan fingerprint density at radius 1 is 1.35 bits per heavy atom. The summed E-state index contributed by atoms with van der Waals surface area (Å²) in [5.74, 6) is 0. The molecule has 7 nitrogen and oxygen atoms in total. The van der Waals surface area contributed by atoms with E-state index in [4.69, 9.17) is 4.74 Å². The lowest BCUT2D eigenvalue weighted by Crippen LogP contribution is -2.45. The minimum Gasteiger partial charge on any atom is -0.376 e. The highest BCUT2D eigenvalue weighted by molar-refractivity contribution is 7.89. The second kappa shape index (κ2) is 7.76. The zero-order valence-corrected chi connectivity index (χ0v) is 14.2. The van der Waals surface area contributed by atoms with Crippen molar-refractivity contribution in [3.8, 4) is 0 Å². The first-order valence-electron chi connectivity index (χ1n) is 7.61. The van der Waals surface area contributed by atoms with Gasteiger partial charge in [0.05, 0.1) is 17.0 Å². The van der Waals surface area contributed by atoms with Gasteiger partial charge in [0.1, 0.15) is 0 Å². The first kappa shape index (κ1) is 17.7. The van der Waals surface area contributed by atoms with Crippen molar-refractivity contribution < 1.29 is 17.9 Å². The van der Waals surface area contributed by atoms with Gasteiger partial charge in [0.2, 0.25) is 10.0 Å². The van der Waals surface area contributed by atoms with Crippen molar-refractivity contribution >= 4 is 16.1 Å². The molecule has 128 valence electrons. The van der Waals surface area contributed by atoms with E-state index in [0.29, 0.717) is 6.54 Å². The lowest BCUT2D eigenvalue weighted by atomic mass is 10.1. The standard InChI is InChI=1S/C15H23N3O4S/c1-11(14-4-3-9-22-14)18-15(19)17-10-12-5-7-13(8-6-12)23(20,21)16-2/h5-8,11,14,16H,3-4,9-10H2,1-2H3,(H2,17,18,19)/t11-,14+/m0/s1. The van der Waals surface area contributed by atoms with Crippen LogP contribution in [-0.2, 0) is 21.3 Å². The Balaban J connectivity index is 1.82. The average molecular weight is 341 g/mol. The third-order valence-corrected chi connectivity index (χ3v) is 5.27. The zero-order valence-electron chi connectivity index (χ0n) is 13.3. The monoisotopic (exact) mass is 341 g/mol. The second-order valence-electron chi connectivity index (χ2n) is 5.52. The molecule has 2 amide bonds. The normalized spacial score (nSPS) is 19.3. The van der Waals surface area contributed by atoms with Gasteiger partial charge in [0.25, 0.3) is 0 Å². The van der Waals surface area contributed by atoms with E-state index in [1.807, 2.05) is 6.92 Å². The van der Waals surface area contributed by atoms with Crippen LogP contribution in [0.1, 0.15) is 25.3 Å². The van der Waals surface area contributed by atoms with Gasteiger partial charge in [0, 0.05) is 13.2 Å². The summed E-state index contributed by atoms with van der Waals surface area (Å²) in [4.78, 5) is 12.1. The molecule has 1 aromatic carbocycles. The summed E-state index contributed by atoms with van der Waals surface area (Å²) in [6.45, 7) is 3.00. The minimum absolute atomic E-state index is 0.0411. The maximum absolute atomic E-state index is 11.9. The predicted molar refractivity (Wildman–Crippen MR) is 86.5 cm³/mol. The van der Waals surface area contributed by atoms with E-state index in [9.17, 15) is 13.2 Å². The maximum Gasteiger partial charge on any atom is 0.315 e. The molecular formula is C15H23N3O4S. The van der Waals surface area contributed by atoms with Crippen molar-refractivity contribution in [2.45, 2.75) is 43.4 Å². The number of hydrogen-bond acceptors (Lipinski definition) is 4. The Labute approximate surface area is 136 Å². The highest BCUT2D eigenvalue weighted by atomic mass is 32.2. The first-order chi connectivity index (χ1) is 10.9. The van der Waals surface area contributed by atoms with Gasteiger partial charge >= 0.3 is 6.03 Å². The summed E-state index contributed by atoms with van der Waals surface area (Å²) in [7, 11) is -2.07. The summed E-state index contributed by atoms with van der Waals surface area (Å²) < 4.78 is 31.0. The fourth-order valence-corrected chi connectivity index (χ4v) is 3.16. The molecule has 2 atom stereocenters. The summed E-state index contributed by atoms with van der Waals surface area (Å²) in [5.41, 5.74) is 0.819. The topological polar surface area (TPSA) is 96.5 Å². The number of benzene rings is 1. The number of hydrogen-bond donors (Lipinski definition) is 3. The largest absolute Gasteiger partial charge is 0.376 e.